The number of rotatable bonds is 6. The van der Waals surface area contributed by atoms with Crippen LogP contribution in [0.4, 0.5) is 5.69 Å². The maximum Gasteiger partial charge on any atom is 0.275 e. The van der Waals surface area contributed by atoms with Crippen LogP contribution < -0.4 is 5.32 Å². The van der Waals surface area contributed by atoms with E-state index in [1.54, 1.807) is 6.07 Å². The lowest BCUT2D eigenvalue weighted by molar-refractivity contribution is -0.385. The average molecular weight is 354 g/mol. The summed E-state index contributed by atoms with van der Waals surface area (Å²) >= 11 is 3.32. The molecule has 1 aliphatic heterocycles. The third-order valence-corrected chi connectivity index (χ3v) is 4.79. The molecule has 114 valence electrons. The van der Waals surface area contributed by atoms with E-state index >= 15 is 0 Å². The number of halogens is 1. The van der Waals surface area contributed by atoms with Crippen molar-refractivity contribution in [3.63, 3.8) is 0 Å². The summed E-state index contributed by atoms with van der Waals surface area (Å²) in [6.07, 6.45) is 4.89. The van der Waals surface area contributed by atoms with Gasteiger partial charge in [-0.2, -0.15) is 0 Å². The quantitative estimate of drug-likeness (QED) is 0.630. The Bertz CT molecular complexity index is 528. The molecule has 6 heteroatoms. The van der Waals surface area contributed by atoms with Crippen LogP contribution in [0.15, 0.2) is 22.7 Å². The summed E-state index contributed by atoms with van der Waals surface area (Å²) in [6, 6.07) is 6.52. The Morgan fingerprint density at radius 1 is 1.38 bits per heavy atom. The van der Waals surface area contributed by atoms with E-state index in [0.717, 1.165) is 23.1 Å². The first-order valence-corrected chi connectivity index (χ1v) is 8.33. The van der Waals surface area contributed by atoms with Crippen molar-refractivity contribution in [2.24, 2.45) is 0 Å². The normalized spacial score (nSPS) is 21.9. The first-order chi connectivity index (χ1) is 10.1. The largest absolute Gasteiger partial charge is 0.313 e. The van der Waals surface area contributed by atoms with Crippen LogP contribution in [-0.4, -0.2) is 35.0 Å². The number of nitro benzene ring substituents is 1. The van der Waals surface area contributed by atoms with Crippen LogP contribution in [0, 0.1) is 10.1 Å². The van der Waals surface area contributed by atoms with Gasteiger partial charge in [0.2, 0.25) is 0 Å². The number of hydrogen-bond donors (Lipinski definition) is 1. The topological polar surface area (TPSA) is 58.4 Å². The molecule has 0 amide bonds. The zero-order valence-corrected chi connectivity index (χ0v) is 13.5. The molecule has 3 rings (SSSR count). The summed E-state index contributed by atoms with van der Waals surface area (Å²) < 4.78 is 0.758. The second kappa shape index (κ2) is 6.42. The molecule has 1 saturated carbocycles. The van der Waals surface area contributed by atoms with Gasteiger partial charge in [-0.15, -0.1) is 0 Å². The van der Waals surface area contributed by atoms with E-state index in [2.05, 4.69) is 26.1 Å². The summed E-state index contributed by atoms with van der Waals surface area (Å²) in [6.45, 7) is 2.77. The Kier molecular flexibility index (Phi) is 4.57. The number of nitrogens with one attached hydrogen (secondary N) is 1. The average Bonchev–Trinajstić information content (AvgIpc) is 3.18. The monoisotopic (exact) mass is 353 g/mol. The fourth-order valence-electron chi connectivity index (χ4n) is 3.04. The van der Waals surface area contributed by atoms with Gasteiger partial charge >= 0.3 is 0 Å². The van der Waals surface area contributed by atoms with Gasteiger partial charge < -0.3 is 5.32 Å². The molecular weight excluding hydrogens is 334 g/mol. The molecule has 0 radical (unpaired) electrons. The molecule has 1 aromatic carbocycles. The smallest absolute Gasteiger partial charge is 0.275 e. The van der Waals surface area contributed by atoms with Crippen LogP contribution in [0.2, 0.25) is 0 Å². The Labute approximate surface area is 133 Å². The molecule has 0 bridgehead atoms. The molecule has 0 spiro atoms. The predicted molar refractivity (Wildman–Crippen MR) is 85.3 cm³/mol. The third-order valence-electron chi connectivity index (χ3n) is 4.30. The molecule has 2 aliphatic rings. The molecule has 1 aromatic rings. The van der Waals surface area contributed by atoms with E-state index in [-0.39, 0.29) is 10.6 Å². The Hall–Kier alpha value is -0.980. The zero-order chi connectivity index (χ0) is 14.8. The lowest BCUT2D eigenvalue weighted by atomic mass is 10.1. The summed E-state index contributed by atoms with van der Waals surface area (Å²) in [7, 11) is 0. The molecule has 1 saturated heterocycles. The van der Waals surface area contributed by atoms with E-state index in [9.17, 15) is 10.1 Å². The van der Waals surface area contributed by atoms with Crippen LogP contribution >= 0.6 is 15.9 Å². The van der Waals surface area contributed by atoms with Crippen molar-refractivity contribution in [2.75, 3.05) is 13.1 Å². The molecule has 5 nitrogen and oxygen atoms in total. The van der Waals surface area contributed by atoms with E-state index < -0.39 is 0 Å². The maximum absolute atomic E-state index is 11.2. The second-order valence-corrected chi connectivity index (χ2v) is 6.90. The molecule has 21 heavy (non-hydrogen) atoms. The first-order valence-electron chi connectivity index (χ1n) is 7.54. The fourth-order valence-corrected chi connectivity index (χ4v) is 3.39. The van der Waals surface area contributed by atoms with Crippen molar-refractivity contribution in [3.05, 3.63) is 38.3 Å². The van der Waals surface area contributed by atoms with Crippen LogP contribution in [-0.2, 0) is 6.54 Å². The molecule has 1 aliphatic carbocycles. The van der Waals surface area contributed by atoms with Gasteiger partial charge in [0.25, 0.3) is 5.69 Å². The van der Waals surface area contributed by atoms with Crippen LogP contribution in [0.25, 0.3) is 0 Å². The Balaban J connectivity index is 1.74. The highest BCUT2D eigenvalue weighted by molar-refractivity contribution is 9.10. The highest BCUT2D eigenvalue weighted by Gasteiger charge is 2.32. The molecule has 1 N–H and O–H groups in total. The van der Waals surface area contributed by atoms with E-state index in [1.165, 1.54) is 25.7 Å². The van der Waals surface area contributed by atoms with E-state index in [4.69, 9.17) is 0 Å². The molecule has 2 fully saturated rings. The molecule has 1 heterocycles. The fraction of sp³-hybridized carbons (Fsp3) is 0.600. The minimum atomic E-state index is -0.279. The summed E-state index contributed by atoms with van der Waals surface area (Å²) in [5.74, 6) is 0. The van der Waals surface area contributed by atoms with Gasteiger partial charge in [0.15, 0.2) is 0 Å². The number of nitrogens with zero attached hydrogens (tertiary/aromatic N) is 2. The third kappa shape index (κ3) is 3.81. The Morgan fingerprint density at radius 3 is 2.81 bits per heavy atom. The molecular formula is C15H20BrN3O2. The second-order valence-electron chi connectivity index (χ2n) is 5.98. The highest BCUT2D eigenvalue weighted by atomic mass is 79.9. The van der Waals surface area contributed by atoms with Crippen molar-refractivity contribution in [1.29, 1.82) is 0 Å². The minimum Gasteiger partial charge on any atom is -0.313 e. The maximum atomic E-state index is 11.2. The van der Waals surface area contributed by atoms with Gasteiger partial charge in [-0.05, 0) is 44.4 Å². The number of benzene rings is 1. The predicted octanol–water partition coefficient (Wildman–Crippen LogP) is 3.07. The van der Waals surface area contributed by atoms with Crippen molar-refractivity contribution in [3.8, 4) is 0 Å². The number of nitro groups is 1. The SMILES string of the molecule is O=[N+]([O-])c1cc(Br)ccc1CN(CC1CCCN1)C1CC1. The summed E-state index contributed by atoms with van der Waals surface area (Å²) in [5, 5.41) is 14.8. The first kappa shape index (κ1) is 14.9. The van der Waals surface area contributed by atoms with Gasteiger partial charge in [0.1, 0.15) is 0 Å². The van der Waals surface area contributed by atoms with Gasteiger partial charge in [-0.25, -0.2) is 0 Å². The molecule has 1 unspecified atom stereocenters. The van der Waals surface area contributed by atoms with Crippen molar-refractivity contribution >= 4 is 21.6 Å². The Morgan fingerprint density at radius 2 is 2.19 bits per heavy atom. The zero-order valence-electron chi connectivity index (χ0n) is 11.9. The lowest BCUT2D eigenvalue weighted by Crippen LogP contribution is -2.38. The minimum absolute atomic E-state index is 0.217. The van der Waals surface area contributed by atoms with Crippen LogP contribution in [0.1, 0.15) is 31.2 Å². The van der Waals surface area contributed by atoms with Crippen molar-refractivity contribution in [1.82, 2.24) is 10.2 Å². The molecule has 1 atom stereocenters. The summed E-state index contributed by atoms with van der Waals surface area (Å²) in [5.41, 5.74) is 1.03. The number of hydrogen-bond acceptors (Lipinski definition) is 4. The van der Waals surface area contributed by atoms with E-state index in [0.29, 0.717) is 18.6 Å². The van der Waals surface area contributed by atoms with Crippen LogP contribution in [0.5, 0.6) is 0 Å². The summed E-state index contributed by atoms with van der Waals surface area (Å²) in [4.78, 5) is 13.4. The van der Waals surface area contributed by atoms with Crippen LogP contribution in [0.3, 0.4) is 0 Å². The lowest BCUT2D eigenvalue weighted by Gasteiger charge is -2.25. The van der Waals surface area contributed by atoms with E-state index in [1.807, 2.05) is 12.1 Å². The van der Waals surface area contributed by atoms with Gasteiger partial charge in [-0.1, -0.05) is 15.9 Å². The van der Waals surface area contributed by atoms with Crippen molar-refractivity contribution in [2.45, 2.75) is 44.3 Å². The highest BCUT2D eigenvalue weighted by Crippen LogP contribution is 2.32. The van der Waals surface area contributed by atoms with Crippen molar-refractivity contribution < 1.29 is 4.92 Å². The molecule has 0 aromatic heterocycles. The van der Waals surface area contributed by atoms with Gasteiger partial charge in [0.05, 0.1) is 4.92 Å². The van der Waals surface area contributed by atoms with Gasteiger partial charge in [0, 0.05) is 41.3 Å². The van der Waals surface area contributed by atoms with Gasteiger partial charge in [-0.3, -0.25) is 15.0 Å². The standard InChI is InChI=1S/C15H20BrN3O2/c16-12-4-3-11(15(8-12)19(20)21)9-18(14-5-6-14)10-13-2-1-7-17-13/h3-4,8,13-14,17H,1-2,5-7,9-10H2.